The second-order valence-corrected chi connectivity index (χ2v) is 7.87. The number of benzene rings is 1. The summed E-state index contributed by atoms with van der Waals surface area (Å²) in [4.78, 5) is 12.0. The van der Waals surface area contributed by atoms with Crippen LogP contribution in [-0.4, -0.2) is 50.5 Å². The van der Waals surface area contributed by atoms with Gasteiger partial charge in [0.15, 0.2) is 6.10 Å². The van der Waals surface area contributed by atoms with Gasteiger partial charge in [-0.3, -0.25) is 0 Å². The van der Waals surface area contributed by atoms with Crippen molar-refractivity contribution in [2.75, 3.05) is 19.7 Å². The van der Waals surface area contributed by atoms with E-state index in [1.54, 1.807) is 19.1 Å². The number of sulfonamides is 1. The Balaban J connectivity index is 1.83. The lowest BCUT2D eigenvalue weighted by Gasteiger charge is -2.23. The molecular formula is C16H22N2O5S. The molecule has 1 aromatic rings. The summed E-state index contributed by atoms with van der Waals surface area (Å²) in [6.45, 7) is 2.82. The second kappa shape index (κ2) is 6.70. The van der Waals surface area contributed by atoms with E-state index in [0.29, 0.717) is 30.8 Å². The number of ether oxygens (including phenoxy) is 2. The van der Waals surface area contributed by atoms with E-state index in [1.165, 1.54) is 10.4 Å². The predicted octanol–water partition coefficient (Wildman–Crippen LogP) is 0.665. The molecule has 2 aliphatic rings. The van der Waals surface area contributed by atoms with Crippen LogP contribution in [0.3, 0.4) is 0 Å². The fourth-order valence-corrected chi connectivity index (χ4v) is 5.00. The first-order valence-electron chi connectivity index (χ1n) is 8.15. The summed E-state index contributed by atoms with van der Waals surface area (Å²) < 4.78 is 37.7. The fourth-order valence-electron chi connectivity index (χ4n) is 3.25. The van der Waals surface area contributed by atoms with Gasteiger partial charge in [-0.15, -0.1) is 0 Å². The Morgan fingerprint density at radius 1 is 1.46 bits per heavy atom. The van der Waals surface area contributed by atoms with E-state index in [1.807, 2.05) is 0 Å². The van der Waals surface area contributed by atoms with Crippen LogP contribution in [0.1, 0.15) is 25.3 Å². The maximum atomic E-state index is 12.9. The molecule has 0 amide bonds. The van der Waals surface area contributed by atoms with Crippen molar-refractivity contribution in [3.05, 3.63) is 23.8 Å². The summed E-state index contributed by atoms with van der Waals surface area (Å²) in [5.41, 5.74) is 6.40. The molecule has 0 saturated carbocycles. The van der Waals surface area contributed by atoms with Crippen molar-refractivity contribution < 1.29 is 22.7 Å². The molecule has 0 bridgehead atoms. The average molecular weight is 354 g/mol. The summed E-state index contributed by atoms with van der Waals surface area (Å²) in [6, 6.07) is 4.57. The largest absolute Gasteiger partial charge is 0.478 e. The van der Waals surface area contributed by atoms with Crippen molar-refractivity contribution in [1.82, 2.24) is 4.31 Å². The first-order chi connectivity index (χ1) is 11.5. The zero-order chi connectivity index (χ0) is 17.3. The van der Waals surface area contributed by atoms with Gasteiger partial charge in [0.05, 0.1) is 11.5 Å². The molecule has 0 aliphatic carbocycles. The Kier molecular flexibility index (Phi) is 4.80. The highest BCUT2D eigenvalue weighted by molar-refractivity contribution is 7.89. The van der Waals surface area contributed by atoms with Gasteiger partial charge in [0, 0.05) is 25.6 Å². The number of nitrogens with two attached hydrogens (primary N) is 1. The van der Waals surface area contributed by atoms with E-state index >= 15 is 0 Å². The quantitative estimate of drug-likeness (QED) is 0.780. The predicted molar refractivity (Wildman–Crippen MR) is 87.2 cm³/mol. The molecule has 24 heavy (non-hydrogen) atoms. The highest BCUT2D eigenvalue weighted by Crippen LogP contribution is 2.33. The molecule has 0 radical (unpaired) electrons. The zero-order valence-corrected chi connectivity index (χ0v) is 14.4. The van der Waals surface area contributed by atoms with Crippen molar-refractivity contribution in [2.45, 2.75) is 43.2 Å². The second-order valence-electron chi connectivity index (χ2n) is 5.98. The van der Waals surface area contributed by atoms with E-state index in [-0.39, 0.29) is 17.5 Å². The van der Waals surface area contributed by atoms with Crippen LogP contribution in [0.15, 0.2) is 23.1 Å². The molecule has 1 fully saturated rings. The summed E-state index contributed by atoms with van der Waals surface area (Å²) in [7, 11) is -3.59. The SMILES string of the molecule is CCOC(=O)C1Cc2cc(S(=O)(=O)N3CCCC3CN)ccc2O1. The summed E-state index contributed by atoms with van der Waals surface area (Å²) in [5.74, 6) is 0.102. The van der Waals surface area contributed by atoms with Gasteiger partial charge in [-0.2, -0.15) is 4.31 Å². The number of carbonyl (C=O) groups is 1. The summed E-state index contributed by atoms with van der Waals surface area (Å²) >= 11 is 0. The number of carbonyl (C=O) groups excluding carboxylic acids is 1. The van der Waals surface area contributed by atoms with E-state index < -0.39 is 22.1 Å². The van der Waals surface area contributed by atoms with Crippen LogP contribution in [0.25, 0.3) is 0 Å². The van der Waals surface area contributed by atoms with Crippen LogP contribution < -0.4 is 10.5 Å². The van der Waals surface area contributed by atoms with Crippen LogP contribution in [0.4, 0.5) is 0 Å². The molecule has 0 spiro atoms. The van der Waals surface area contributed by atoms with Crippen LogP contribution >= 0.6 is 0 Å². The van der Waals surface area contributed by atoms with Crippen molar-refractivity contribution in [2.24, 2.45) is 5.73 Å². The fraction of sp³-hybridized carbons (Fsp3) is 0.562. The minimum atomic E-state index is -3.59. The Labute approximate surface area is 141 Å². The molecule has 0 aromatic heterocycles. The van der Waals surface area contributed by atoms with Crippen LogP contribution in [0.5, 0.6) is 5.75 Å². The Morgan fingerprint density at radius 3 is 2.96 bits per heavy atom. The molecule has 2 N–H and O–H groups in total. The molecule has 2 unspecified atom stereocenters. The molecule has 7 nitrogen and oxygen atoms in total. The first-order valence-corrected chi connectivity index (χ1v) is 9.59. The van der Waals surface area contributed by atoms with Crippen molar-refractivity contribution in [3.63, 3.8) is 0 Å². The highest BCUT2D eigenvalue weighted by atomic mass is 32.2. The lowest BCUT2D eigenvalue weighted by atomic mass is 10.1. The van der Waals surface area contributed by atoms with E-state index in [9.17, 15) is 13.2 Å². The van der Waals surface area contributed by atoms with Crippen molar-refractivity contribution in [3.8, 4) is 5.75 Å². The van der Waals surface area contributed by atoms with Gasteiger partial charge in [-0.05, 0) is 43.5 Å². The van der Waals surface area contributed by atoms with Crippen LogP contribution in [0, 0.1) is 0 Å². The lowest BCUT2D eigenvalue weighted by Crippen LogP contribution is -2.39. The van der Waals surface area contributed by atoms with Gasteiger partial charge in [0.1, 0.15) is 5.75 Å². The third-order valence-electron chi connectivity index (χ3n) is 4.46. The molecule has 2 atom stereocenters. The zero-order valence-electron chi connectivity index (χ0n) is 13.6. The molecular weight excluding hydrogens is 332 g/mol. The Morgan fingerprint density at radius 2 is 2.25 bits per heavy atom. The van der Waals surface area contributed by atoms with E-state index in [0.717, 1.165) is 12.8 Å². The van der Waals surface area contributed by atoms with Gasteiger partial charge >= 0.3 is 5.97 Å². The molecule has 1 saturated heterocycles. The smallest absolute Gasteiger partial charge is 0.347 e. The minimum absolute atomic E-state index is 0.146. The maximum absolute atomic E-state index is 12.9. The highest BCUT2D eigenvalue weighted by Gasteiger charge is 2.36. The first kappa shape index (κ1) is 17.2. The summed E-state index contributed by atoms with van der Waals surface area (Å²) in [5, 5.41) is 0. The van der Waals surface area contributed by atoms with Gasteiger partial charge in [0.2, 0.25) is 10.0 Å². The normalized spacial score (nSPS) is 23.8. The van der Waals surface area contributed by atoms with Crippen LogP contribution in [-0.2, 0) is 26.0 Å². The number of esters is 1. The number of hydrogen-bond acceptors (Lipinski definition) is 6. The Hall–Kier alpha value is -1.64. The molecule has 1 aromatic carbocycles. The maximum Gasteiger partial charge on any atom is 0.347 e. The summed E-state index contributed by atoms with van der Waals surface area (Å²) in [6.07, 6.45) is 1.22. The number of hydrogen-bond donors (Lipinski definition) is 1. The van der Waals surface area contributed by atoms with E-state index in [2.05, 4.69) is 0 Å². The number of fused-ring (bicyclic) bond motifs is 1. The molecule has 8 heteroatoms. The lowest BCUT2D eigenvalue weighted by molar-refractivity contribution is -0.150. The third-order valence-corrected chi connectivity index (χ3v) is 6.41. The van der Waals surface area contributed by atoms with Gasteiger partial charge in [-0.1, -0.05) is 0 Å². The monoisotopic (exact) mass is 354 g/mol. The molecule has 2 aliphatic heterocycles. The van der Waals surface area contributed by atoms with Crippen molar-refractivity contribution in [1.29, 1.82) is 0 Å². The number of rotatable bonds is 5. The standard InChI is InChI=1S/C16H22N2O5S/c1-2-22-16(19)15-9-11-8-13(5-6-14(11)23-15)24(20,21)18-7-3-4-12(18)10-17/h5-6,8,12,15H,2-4,7,9-10,17H2,1H3. The number of nitrogens with zero attached hydrogens (tertiary/aromatic N) is 1. The van der Waals surface area contributed by atoms with Gasteiger partial charge in [-0.25, -0.2) is 13.2 Å². The average Bonchev–Trinajstić information content (AvgIpc) is 3.21. The van der Waals surface area contributed by atoms with Crippen LogP contribution in [0.2, 0.25) is 0 Å². The van der Waals surface area contributed by atoms with Crippen molar-refractivity contribution >= 4 is 16.0 Å². The molecule has 3 rings (SSSR count). The molecule has 2 heterocycles. The van der Waals surface area contributed by atoms with Gasteiger partial charge < -0.3 is 15.2 Å². The Bertz CT molecular complexity index is 734. The topological polar surface area (TPSA) is 98.9 Å². The van der Waals surface area contributed by atoms with E-state index in [4.69, 9.17) is 15.2 Å². The minimum Gasteiger partial charge on any atom is -0.478 e. The van der Waals surface area contributed by atoms with Gasteiger partial charge in [0.25, 0.3) is 0 Å². The molecule has 132 valence electrons. The third kappa shape index (κ3) is 3.01.